The van der Waals surface area contributed by atoms with Crippen molar-refractivity contribution in [3.05, 3.63) is 129 Å². The third-order valence-corrected chi connectivity index (χ3v) is 9.40. The molecule has 0 saturated heterocycles. The van der Waals surface area contributed by atoms with Gasteiger partial charge in [0.2, 0.25) is 5.91 Å². The first-order valence-corrected chi connectivity index (χ1v) is 19.1. The molecule has 0 bridgehead atoms. The number of hydrogen-bond donors (Lipinski definition) is 4. The smallest absolute Gasteiger partial charge is 0.416 e. The second-order valence-corrected chi connectivity index (χ2v) is 13.9. The van der Waals surface area contributed by atoms with Gasteiger partial charge in [-0.05, 0) is 78.3 Å². The zero-order valence-electron chi connectivity index (χ0n) is 33.1. The molecule has 0 aliphatic heterocycles. The summed E-state index contributed by atoms with van der Waals surface area (Å²) in [4.78, 5) is 51.7. The van der Waals surface area contributed by atoms with E-state index in [0.717, 1.165) is 12.1 Å². The lowest BCUT2D eigenvalue weighted by molar-refractivity contribution is -0.763. The minimum atomic E-state index is -4.53. The molecular formula is C43H47F3N2O13. The molecule has 0 aromatic heterocycles. The Morgan fingerprint density at radius 2 is 1.72 bits per heavy atom. The summed E-state index contributed by atoms with van der Waals surface area (Å²) in [6.07, 6.45) is 3.58. The Morgan fingerprint density at radius 3 is 2.43 bits per heavy atom. The predicted octanol–water partition coefficient (Wildman–Crippen LogP) is 5.67. The van der Waals surface area contributed by atoms with Crippen LogP contribution in [0.5, 0.6) is 17.2 Å². The van der Waals surface area contributed by atoms with E-state index in [-0.39, 0.29) is 61.7 Å². The number of hydrogen-bond acceptors (Lipinski definition) is 13. The predicted molar refractivity (Wildman–Crippen MR) is 212 cm³/mol. The lowest BCUT2D eigenvalue weighted by Gasteiger charge is -2.19. The van der Waals surface area contributed by atoms with Crippen molar-refractivity contribution in [3.8, 4) is 17.2 Å². The third kappa shape index (κ3) is 16.4. The van der Waals surface area contributed by atoms with Crippen molar-refractivity contribution >= 4 is 23.9 Å². The summed E-state index contributed by atoms with van der Waals surface area (Å²) < 4.78 is 60.1. The SMILES string of the molecule is COc1cc(/C=C/C(=O)OCc2ccc(CO[N+](=O)[O-])cc2)ccc1OC(=O)CNC(=O)CCC/C=C\C[C@@H]1[C@@H](/C=C/[C@@H](O)COc2cccc(C(F)(F)F)c2)[C@H](O)C[C@@H]1O. The van der Waals surface area contributed by atoms with Crippen LogP contribution in [0.1, 0.15) is 54.4 Å². The molecule has 1 amide bonds. The summed E-state index contributed by atoms with van der Waals surface area (Å²) in [7, 11) is 1.37. The van der Waals surface area contributed by atoms with E-state index in [2.05, 4.69) is 10.2 Å². The molecule has 18 heteroatoms. The normalized spacial score (nSPS) is 18.3. The summed E-state index contributed by atoms with van der Waals surface area (Å²) in [5.74, 6) is -2.36. The van der Waals surface area contributed by atoms with Crippen molar-refractivity contribution in [1.82, 2.24) is 5.32 Å². The Hall–Kier alpha value is -6.24. The van der Waals surface area contributed by atoms with Crippen molar-refractivity contribution < 1.29 is 71.7 Å². The fourth-order valence-corrected chi connectivity index (χ4v) is 6.23. The highest BCUT2D eigenvalue weighted by Gasteiger charge is 2.39. The van der Waals surface area contributed by atoms with Crippen molar-refractivity contribution in [1.29, 1.82) is 0 Å². The number of amides is 1. The van der Waals surface area contributed by atoms with E-state index >= 15 is 0 Å². The number of nitrogens with one attached hydrogen (secondary N) is 1. The maximum absolute atomic E-state index is 13.0. The van der Waals surface area contributed by atoms with Gasteiger partial charge in [0.05, 0.1) is 24.9 Å². The van der Waals surface area contributed by atoms with Crippen LogP contribution in [0.2, 0.25) is 0 Å². The van der Waals surface area contributed by atoms with Gasteiger partial charge >= 0.3 is 18.1 Å². The monoisotopic (exact) mass is 856 g/mol. The number of unbranched alkanes of at least 4 members (excludes halogenated alkanes) is 1. The van der Waals surface area contributed by atoms with Gasteiger partial charge in [0.25, 0.3) is 5.09 Å². The molecule has 4 rings (SSSR count). The number of carbonyl (C=O) groups excluding carboxylic acids is 3. The molecule has 3 aromatic carbocycles. The van der Waals surface area contributed by atoms with Gasteiger partial charge < -0.3 is 44.4 Å². The van der Waals surface area contributed by atoms with Crippen LogP contribution >= 0.6 is 0 Å². The first kappa shape index (κ1) is 47.4. The number of benzene rings is 3. The lowest BCUT2D eigenvalue weighted by Crippen LogP contribution is -2.31. The molecule has 1 aliphatic rings. The summed E-state index contributed by atoms with van der Waals surface area (Å²) >= 11 is 0. The molecule has 4 N–H and O–H groups in total. The van der Waals surface area contributed by atoms with Crippen LogP contribution in [-0.2, 0) is 43.3 Å². The Bertz CT molecular complexity index is 2020. The van der Waals surface area contributed by atoms with E-state index < -0.39 is 59.5 Å². The zero-order chi connectivity index (χ0) is 44.4. The molecule has 328 valence electrons. The van der Waals surface area contributed by atoms with Gasteiger partial charge in [-0.1, -0.05) is 60.7 Å². The van der Waals surface area contributed by atoms with E-state index in [1.54, 1.807) is 36.4 Å². The molecular weight excluding hydrogens is 809 g/mol. The average Bonchev–Trinajstić information content (AvgIpc) is 3.51. The van der Waals surface area contributed by atoms with E-state index in [9.17, 15) is 53.0 Å². The minimum Gasteiger partial charge on any atom is -0.493 e. The molecule has 0 heterocycles. The maximum Gasteiger partial charge on any atom is 0.416 e. The second kappa shape index (κ2) is 23.5. The molecule has 15 nitrogen and oxygen atoms in total. The first-order valence-electron chi connectivity index (χ1n) is 19.1. The molecule has 1 aliphatic carbocycles. The maximum atomic E-state index is 13.0. The number of methoxy groups -OCH3 is 1. The van der Waals surface area contributed by atoms with Crippen LogP contribution in [-0.4, -0.2) is 76.8 Å². The number of carbonyl (C=O) groups is 3. The average molecular weight is 857 g/mol. The first-order chi connectivity index (χ1) is 29.1. The highest BCUT2D eigenvalue weighted by molar-refractivity contribution is 5.87. The Morgan fingerprint density at radius 1 is 0.984 bits per heavy atom. The molecule has 3 aromatic rings. The van der Waals surface area contributed by atoms with E-state index in [1.807, 2.05) is 12.2 Å². The highest BCUT2D eigenvalue weighted by atomic mass is 19.4. The summed E-state index contributed by atoms with van der Waals surface area (Å²) in [5, 5.41) is 43.3. The summed E-state index contributed by atoms with van der Waals surface area (Å²) in [6.45, 7) is -0.938. The van der Waals surface area contributed by atoms with Crippen LogP contribution in [0.15, 0.2) is 97.1 Å². The largest absolute Gasteiger partial charge is 0.493 e. The number of nitrogens with zero attached hydrogens (tertiary/aromatic N) is 1. The number of rotatable bonds is 22. The summed E-state index contributed by atoms with van der Waals surface area (Å²) in [5.41, 5.74) is 0.911. The van der Waals surface area contributed by atoms with E-state index in [0.29, 0.717) is 36.0 Å². The quantitative estimate of drug-likeness (QED) is 0.0183. The summed E-state index contributed by atoms with van der Waals surface area (Å²) in [6, 6.07) is 15.4. The Labute approximate surface area is 349 Å². The zero-order valence-corrected chi connectivity index (χ0v) is 33.1. The Balaban J connectivity index is 1.13. The topological polar surface area (TPSA) is 213 Å². The van der Waals surface area contributed by atoms with Gasteiger partial charge in [-0.3, -0.25) is 4.79 Å². The van der Waals surface area contributed by atoms with Crippen molar-refractivity contribution in [2.45, 2.75) is 69.8 Å². The lowest BCUT2D eigenvalue weighted by atomic mass is 9.89. The molecule has 1 saturated carbocycles. The van der Waals surface area contributed by atoms with Gasteiger partial charge in [0.15, 0.2) is 11.5 Å². The van der Waals surface area contributed by atoms with Crippen LogP contribution in [0.4, 0.5) is 13.2 Å². The molecule has 0 spiro atoms. The van der Waals surface area contributed by atoms with Crippen molar-refractivity contribution in [2.24, 2.45) is 11.8 Å². The molecule has 5 atom stereocenters. The number of aliphatic hydroxyl groups excluding tert-OH is 3. The number of aliphatic hydroxyl groups is 3. The minimum absolute atomic E-state index is 0.0281. The highest BCUT2D eigenvalue weighted by Crippen LogP contribution is 2.37. The fourth-order valence-electron chi connectivity index (χ4n) is 6.23. The molecule has 1 fully saturated rings. The second-order valence-electron chi connectivity index (χ2n) is 13.9. The number of ether oxygens (including phenoxy) is 4. The standard InChI is InChI=1S/C43H47F3N2O13/c1-57-39-21-28(16-20-41(53)59-25-29-11-13-30(14-12-29)26-60-48(55)56)15-19-38(39)61-42(54)24-47-40(52)10-5-3-2-4-9-34-35(37(51)23-36(34)50)18-17-32(49)27-58-33-8-6-7-31(22-33)43(44,45)46/h2,4,6-8,11-22,32,34-37,49-51H,3,5,9-10,23-27H2,1H3,(H,47,52)/b4-2-,18-17+,20-16+/t32-,34-,35-,36+,37-/m1/s1. The molecule has 0 radical (unpaired) electrons. The van der Waals surface area contributed by atoms with Gasteiger partial charge in [-0.15, -0.1) is 10.1 Å². The van der Waals surface area contributed by atoms with Gasteiger partial charge in [-0.2, -0.15) is 13.2 Å². The third-order valence-electron chi connectivity index (χ3n) is 9.40. The van der Waals surface area contributed by atoms with Crippen LogP contribution in [0.3, 0.4) is 0 Å². The molecule has 0 unspecified atom stereocenters. The van der Waals surface area contributed by atoms with Gasteiger partial charge in [0, 0.05) is 24.8 Å². The molecule has 61 heavy (non-hydrogen) atoms. The van der Waals surface area contributed by atoms with Crippen LogP contribution in [0, 0.1) is 22.0 Å². The van der Waals surface area contributed by atoms with Crippen molar-refractivity contribution in [2.75, 3.05) is 20.3 Å². The number of esters is 2. The van der Waals surface area contributed by atoms with Crippen molar-refractivity contribution in [3.63, 3.8) is 0 Å². The van der Waals surface area contributed by atoms with Gasteiger partial charge in [-0.25, -0.2) is 9.59 Å². The van der Waals surface area contributed by atoms with Crippen LogP contribution in [0.25, 0.3) is 6.08 Å². The van der Waals surface area contributed by atoms with Gasteiger partial charge in [0.1, 0.15) is 38.2 Å². The number of allylic oxidation sites excluding steroid dienone is 2. The fraction of sp³-hybridized carbons (Fsp3) is 0.372. The number of alkyl halides is 3. The van der Waals surface area contributed by atoms with Crippen LogP contribution < -0.4 is 19.5 Å². The Kier molecular flexibility index (Phi) is 18.3. The van der Waals surface area contributed by atoms with E-state index in [4.69, 9.17) is 18.9 Å². The van der Waals surface area contributed by atoms with E-state index in [1.165, 1.54) is 49.6 Å². The number of halogens is 3.